The first-order valence-electron chi connectivity index (χ1n) is 13.6. The number of carboxylic acid groups (broad SMARTS) is 3. The number of carbonyl (C=O) groups is 3. The predicted octanol–water partition coefficient (Wildman–Crippen LogP) is 4.26. The van der Waals surface area contributed by atoms with Crippen LogP contribution in [0.15, 0.2) is 70.5 Å². The fraction of sp³-hybridized carbons (Fsp3) is 0.323. The van der Waals surface area contributed by atoms with E-state index in [2.05, 4.69) is 22.2 Å². The number of benzene rings is 3. The summed E-state index contributed by atoms with van der Waals surface area (Å²) in [6, 6.07) is 19.0. The number of rotatable bonds is 9. The van der Waals surface area contributed by atoms with Crippen molar-refractivity contribution in [2.75, 3.05) is 43.4 Å². The first-order chi connectivity index (χ1) is 20.0. The molecule has 0 spiro atoms. The van der Waals surface area contributed by atoms with Crippen molar-refractivity contribution in [1.82, 2.24) is 4.90 Å². The van der Waals surface area contributed by atoms with E-state index in [0.717, 1.165) is 42.3 Å². The van der Waals surface area contributed by atoms with Crippen molar-refractivity contribution < 1.29 is 34.8 Å². The molecule has 3 aromatic rings. The molecule has 1 saturated heterocycles. The second kappa shape index (κ2) is 11.7. The summed E-state index contributed by atoms with van der Waals surface area (Å²) in [5.41, 5.74) is 0.377. The Morgan fingerprint density at radius 1 is 0.929 bits per heavy atom. The summed E-state index contributed by atoms with van der Waals surface area (Å²) in [4.78, 5) is 43.1. The highest BCUT2D eigenvalue weighted by Gasteiger charge is 2.53. The smallest absolute Gasteiger partial charge is 0.337 e. The summed E-state index contributed by atoms with van der Waals surface area (Å²) in [7, 11) is 2.09. The first kappa shape index (κ1) is 29.4. The second-order valence-electron chi connectivity index (χ2n) is 10.8. The standard InChI is InChI=1S/C31H33N3O7S/c1-18(19-7-9-20(10-8-19)34-15-13-33(2)14-16-34)21-11-12-24-28(32-22-5-3-4-6-23(22)42-24)26(21)27(29(37)38)31(41,30(39)40)17-25(35)36/h3-12,18,27,32,41H,13-17H2,1-2H3,(H,35,36)(H,37,38)(H,39,40). The van der Waals surface area contributed by atoms with Crippen LogP contribution in [0.25, 0.3) is 0 Å². The van der Waals surface area contributed by atoms with E-state index in [1.807, 2.05) is 61.5 Å². The Kier molecular flexibility index (Phi) is 8.18. The van der Waals surface area contributed by atoms with E-state index >= 15 is 0 Å². The molecule has 2 heterocycles. The minimum Gasteiger partial charge on any atom is -0.481 e. The number of hydrogen-bond donors (Lipinski definition) is 5. The van der Waals surface area contributed by atoms with E-state index < -0.39 is 41.8 Å². The maximum absolute atomic E-state index is 12.9. The molecule has 0 saturated carbocycles. The molecule has 11 heteroatoms. The lowest BCUT2D eigenvalue weighted by molar-refractivity contribution is -0.173. The molecule has 42 heavy (non-hydrogen) atoms. The zero-order valence-corrected chi connectivity index (χ0v) is 24.1. The SMILES string of the molecule is CC(c1ccc(N2CCN(C)CC2)cc1)c1ccc2c(c1C(C(=O)O)C(O)(CC(=O)O)C(=O)O)Nc1ccccc1S2. The van der Waals surface area contributed by atoms with Gasteiger partial charge < -0.3 is 35.5 Å². The summed E-state index contributed by atoms with van der Waals surface area (Å²) in [6.45, 7) is 5.62. The third kappa shape index (κ3) is 5.55. The van der Waals surface area contributed by atoms with E-state index in [9.17, 15) is 34.8 Å². The summed E-state index contributed by atoms with van der Waals surface area (Å²) >= 11 is 1.38. The summed E-state index contributed by atoms with van der Waals surface area (Å²) < 4.78 is 0. The topological polar surface area (TPSA) is 151 Å². The van der Waals surface area contributed by atoms with E-state index in [0.29, 0.717) is 21.8 Å². The number of carboxylic acids is 3. The monoisotopic (exact) mass is 591 g/mol. The molecular formula is C31H33N3O7S. The van der Waals surface area contributed by atoms with Gasteiger partial charge in [0.05, 0.1) is 17.8 Å². The number of para-hydroxylation sites is 1. The average Bonchev–Trinajstić information content (AvgIpc) is 2.96. The van der Waals surface area contributed by atoms with Gasteiger partial charge in [0, 0.05) is 47.6 Å². The lowest BCUT2D eigenvalue weighted by Gasteiger charge is -2.35. The number of likely N-dealkylation sites (N-methyl/N-ethyl adjacent to an activating group) is 1. The van der Waals surface area contributed by atoms with Crippen LogP contribution in [0.3, 0.4) is 0 Å². The van der Waals surface area contributed by atoms with Gasteiger partial charge in [0.15, 0.2) is 5.60 Å². The number of nitrogens with one attached hydrogen (secondary N) is 1. The molecule has 0 bridgehead atoms. The van der Waals surface area contributed by atoms with Gasteiger partial charge >= 0.3 is 17.9 Å². The van der Waals surface area contributed by atoms with Gasteiger partial charge in [0.1, 0.15) is 5.92 Å². The van der Waals surface area contributed by atoms with Crippen LogP contribution in [0.5, 0.6) is 0 Å². The minimum atomic E-state index is -3.12. The van der Waals surface area contributed by atoms with Crippen LogP contribution in [-0.4, -0.2) is 82.1 Å². The number of aliphatic carboxylic acids is 3. The normalized spacial score (nSPS) is 17.6. The number of fused-ring (bicyclic) bond motifs is 2. The van der Waals surface area contributed by atoms with Crippen LogP contribution < -0.4 is 10.2 Å². The van der Waals surface area contributed by atoms with Crippen molar-refractivity contribution in [2.45, 2.75) is 40.6 Å². The van der Waals surface area contributed by atoms with Crippen LogP contribution in [0, 0.1) is 0 Å². The number of anilines is 3. The largest absolute Gasteiger partial charge is 0.481 e. The molecule has 220 valence electrons. The Morgan fingerprint density at radius 2 is 1.60 bits per heavy atom. The number of piperazine rings is 1. The Balaban J connectivity index is 1.63. The van der Waals surface area contributed by atoms with Crippen LogP contribution in [-0.2, 0) is 14.4 Å². The van der Waals surface area contributed by atoms with E-state index in [4.69, 9.17) is 0 Å². The molecule has 3 unspecified atom stereocenters. The van der Waals surface area contributed by atoms with Gasteiger partial charge in [0.2, 0.25) is 0 Å². The molecule has 0 amide bonds. The van der Waals surface area contributed by atoms with E-state index in [1.54, 1.807) is 6.07 Å². The second-order valence-corrected chi connectivity index (χ2v) is 11.9. The molecule has 0 aliphatic carbocycles. The first-order valence-corrected chi connectivity index (χ1v) is 14.5. The molecule has 0 radical (unpaired) electrons. The maximum atomic E-state index is 12.9. The third-order valence-corrected chi connectivity index (χ3v) is 9.28. The molecule has 0 aromatic heterocycles. The van der Waals surface area contributed by atoms with Gasteiger partial charge in [-0.05, 0) is 54.1 Å². The highest BCUT2D eigenvalue weighted by molar-refractivity contribution is 7.99. The lowest BCUT2D eigenvalue weighted by Crippen LogP contribution is -2.49. The van der Waals surface area contributed by atoms with Crippen LogP contribution in [0.4, 0.5) is 17.1 Å². The molecular weight excluding hydrogens is 558 g/mol. The quantitative estimate of drug-likeness (QED) is 0.190. The lowest BCUT2D eigenvalue weighted by atomic mass is 9.74. The van der Waals surface area contributed by atoms with Crippen molar-refractivity contribution in [3.63, 3.8) is 0 Å². The molecule has 10 nitrogen and oxygen atoms in total. The Hall–Kier alpha value is -4.06. The van der Waals surface area contributed by atoms with Gasteiger partial charge in [0.25, 0.3) is 0 Å². The van der Waals surface area contributed by atoms with Crippen molar-refractivity contribution in [2.24, 2.45) is 0 Å². The molecule has 3 aromatic carbocycles. The number of aliphatic hydroxyl groups is 1. The van der Waals surface area contributed by atoms with Gasteiger partial charge in [-0.1, -0.05) is 49.0 Å². The number of nitrogens with zero attached hydrogens (tertiary/aromatic N) is 2. The van der Waals surface area contributed by atoms with Crippen molar-refractivity contribution in [3.8, 4) is 0 Å². The van der Waals surface area contributed by atoms with Gasteiger partial charge in [-0.25, -0.2) is 4.79 Å². The Labute approximate surface area is 247 Å². The Bertz CT molecular complexity index is 1520. The van der Waals surface area contributed by atoms with E-state index in [-0.39, 0.29) is 5.56 Å². The molecule has 2 aliphatic heterocycles. The van der Waals surface area contributed by atoms with Crippen LogP contribution >= 0.6 is 11.8 Å². The molecule has 1 fully saturated rings. The highest BCUT2D eigenvalue weighted by Crippen LogP contribution is 2.51. The van der Waals surface area contributed by atoms with Crippen LogP contribution in [0.1, 0.15) is 41.9 Å². The van der Waals surface area contributed by atoms with E-state index in [1.165, 1.54) is 11.8 Å². The van der Waals surface area contributed by atoms with Gasteiger partial charge in [-0.15, -0.1) is 0 Å². The number of hydrogen-bond acceptors (Lipinski definition) is 8. The zero-order chi connectivity index (χ0) is 30.2. The fourth-order valence-corrected chi connectivity index (χ4v) is 6.76. The van der Waals surface area contributed by atoms with Gasteiger partial charge in [-0.2, -0.15) is 0 Å². The molecule has 5 N–H and O–H groups in total. The average molecular weight is 592 g/mol. The maximum Gasteiger partial charge on any atom is 0.337 e. The van der Waals surface area contributed by atoms with Crippen molar-refractivity contribution in [3.05, 3.63) is 77.4 Å². The van der Waals surface area contributed by atoms with Crippen molar-refractivity contribution >= 4 is 46.7 Å². The third-order valence-electron chi connectivity index (χ3n) is 8.14. The molecule has 3 atom stereocenters. The molecule has 5 rings (SSSR count). The van der Waals surface area contributed by atoms with Gasteiger partial charge in [-0.3, -0.25) is 9.59 Å². The highest BCUT2D eigenvalue weighted by atomic mass is 32.2. The summed E-state index contributed by atoms with van der Waals surface area (Å²) in [5, 5.41) is 44.6. The Morgan fingerprint density at radius 3 is 2.21 bits per heavy atom. The minimum absolute atomic E-state index is 0.0452. The van der Waals surface area contributed by atoms with Crippen molar-refractivity contribution in [1.29, 1.82) is 0 Å². The summed E-state index contributed by atoms with van der Waals surface area (Å²) in [6.07, 6.45) is -1.29. The molecule has 2 aliphatic rings. The fourth-order valence-electron chi connectivity index (χ4n) is 5.75. The van der Waals surface area contributed by atoms with Crippen LogP contribution in [0.2, 0.25) is 0 Å². The predicted molar refractivity (Wildman–Crippen MR) is 159 cm³/mol. The zero-order valence-electron chi connectivity index (χ0n) is 23.3. The summed E-state index contributed by atoms with van der Waals surface area (Å²) in [5.74, 6) is -7.69.